The number of hydrogen-bond acceptors (Lipinski definition) is 7. The molecule has 0 heterocycles. The Bertz CT molecular complexity index is 461. The molecule has 0 aliphatic carbocycles. The lowest BCUT2D eigenvalue weighted by atomic mass is 10.2. The van der Waals surface area contributed by atoms with Crippen LogP contribution in [0.25, 0.3) is 0 Å². The van der Waals surface area contributed by atoms with Crippen LogP contribution in [0, 0.1) is 20.2 Å². The largest absolute Gasteiger partial charge is 0.465 e. The van der Waals surface area contributed by atoms with E-state index in [4.69, 9.17) is 10.5 Å². The first-order chi connectivity index (χ1) is 7.97. The van der Waals surface area contributed by atoms with E-state index in [9.17, 15) is 20.2 Å². The highest BCUT2D eigenvalue weighted by molar-refractivity contribution is 5.71. The van der Waals surface area contributed by atoms with E-state index in [0.29, 0.717) is 0 Å². The van der Waals surface area contributed by atoms with Crippen LogP contribution in [0.1, 0.15) is 0 Å². The van der Waals surface area contributed by atoms with Crippen molar-refractivity contribution in [3.8, 4) is 5.75 Å². The molecule has 0 unspecified atom stereocenters. The molecular weight excluding hydrogens is 234 g/mol. The molecule has 9 nitrogen and oxygen atoms in total. The maximum atomic E-state index is 10.6. The third-order valence-electron chi connectivity index (χ3n) is 1.84. The molecule has 0 saturated heterocycles. The first kappa shape index (κ1) is 12.6. The van der Waals surface area contributed by atoms with Gasteiger partial charge in [0.05, 0.1) is 22.0 Å². The Balaban J connectivity index is 3.27. The van der Waals surface area contributed by atoms with Gasteiger partial charge < -0.3 is 15.2 Å². The summed E-state index contributed by atoms with van der Waals surface area (Å²) in [5.41, 5.74) is 4.12. The van der Waals surface area contributed by atoms with Crippen LogP contribution in [-0.4, -0.2) is 23.7 Å². The van der Waals surface area contributed by atoms with Gasteiger partial charge in [0.25, 0.3) is 5.69 Å². The average molecular weight is 243 g/mol. The third-order valence-corrected chi connectivity index (χ3v) is 1.84. The summed E-state index contributed by atoms with van der Waals surface area (Å²) in [4.78, 5) is 19.6. The zero-order chi connectivity index (χ0) is 13.0. The summed E-state index contributed by atoms with van der Waals surface area (Å²) in [6.07, 6.45) is 0. The van der Waals surface area contributed by atoms with Crippen molar-refractivity contribution in [3.63, 3.8) is 0 Å². The molecule has 17 heavy (non-hydrogen) atoms. The van der Waals surface area contributed by atoms with Crippen LogP contribution in [0.15, 0.2) is 12.1 Å². The molecule has 9 heteroatoms. The van der Waals surface area contributed by atoms with Gasteiger partial charge in [0, 0.05) is 7.11 Å². The molecule has 1 aromatic rings. The fourth-order valence-electron chi connectivity index (χ4n) is 1.10. The standard InChI is InChI=1S/C8H9N3O6/c1-16-4-17-7-3-5(10(12)13)2-6(8(7)9)11(14)15/h2-3H,4,9H2,1H3. The van der Waals surface area contributed by atoms with Crippen LogP contribution in [0.2, 0.25) is 0 Å². The Labute approximate surface area is 95.0 Å². The van der Waals surface area contributed by atoms with Gasteiger partial charge in [-0.1, -0.05) is 0 Å². The smallest absolute Gasteiger partial charge is 0.302 e. The number of hydrogen-bond donors (Lipinski definition) is 1. The Morgan fingerprint density at radius 3 is 2.41 bits per heavy atom. The minimum Gasteiger partial charge on any atom is -0.465 e. The molecule has 0 saturated carbocycles. The number of nitro benzene ring substituents is 2. The number of ether oxygens (including phenoxy) is 2. The van der Waals surface area contributed by atoms with E-state index in [1.54, 1.807) is 0 Å². The quantitative estimate of drug-likeness (QED) is 0.354. The highest BCUT2D eigenvalue weighted by Crippen LogP contribution is 2.36. The predicted octanol–water partition coefficient (Wildman–Crippen LogP) is 1.07. The fourth-order valence-corrected chi connectivity index (χ4v) is 1.10. The molecule has 0 fully saturated rings. The molecule has 0 spiro atoms. The highest BCUT2D eigenvalue weighted by Gasteiger charge is 2.23. The van der Waals surface area contributed by atoms with E-state index in [2.05, 4.69) is 4.74 Å². The van der Waals surface area contributed by atoms with Crippen molar-refractivity contribution in [2.75, 3.05) is 19.6 Å². The summed E-state index contributed by atoms with van der Waals surface area (Å²) < 4.78 is 9.50. The average Bonchev–Trinajstić information content (AvgIpc) is 2.26. The molecule has 0 amide bonds. The lowest BCUT2D eigenvalue weighted by molar-refractivity contribution is -0.393. The zero-order valence-corrected chi connectivity index (χ0v) is 8.78. The van der Waals surface area contributed by atoms with Gasteiger partial charge in [-0.15, -0.1) is 0 Å². The predicted molar refractivity (Wildman–Crippen MR) is 56.7 cm³/mol. The Morgan fingerprint density at radius 2 is 1.94 bits per heavy atom. The van der Waals surface area contributed by atoms with Gasteiger partial charge in [-0.2, -0.15) is 0 Å². The van der Waals surface area contributed by atoms with Gasteiger partial charge in [-0.05, 0) is 0 Å². The summed E-state index contributed by atoms with van der Waals surface area (Å²) in [5.74, 6) is -0.159. The van der Waals surface area contributed by atoms with Crippen molar-refractivity contribution in [2.24, 2.45) is 0 Å². The van der Waals surface area contributed by atoms with Crippen LogP contribution < -0.4 is 10.5 Å². The van der Waals surface area contributed by atoms with Crippen molar-refractivity contribution in [1.82, 2.24) is 0 Å². The summed E-state index contributed by atoms with van der Waals surface area (Å²) in [5, 5.41) is 21.2. The Morgan fingerprint density at radius 1 is 1.29 bits per heavy atom. The first-order valence-electron chi connectivity index (χ1n) is 4.31. The second-order valence-corrected chi connectivity index (χ2v) is 2.94. The minimum absolute atomic E-state index is 0.159. The van der Waals surface area contributed by atoms with Crippen LogP contribution >= 0.6 is 0 Å². The van der Waals surface area contributed by atoms with Gasteiger partial charge in [-0.3, -0.25) is 20.2 Å². The number of nitrogens with zero attached hydrogens (tertiary/aromatic N) is 2. The van der Waals surface area contributed by atoms with E-state index in [1.165, 1.54) is 7.11 Å². The molecule has 1 rings (SSSR count). The molecule has 1 aromatic carbocycles. The summed E-state index contributed by atoms with van der Waals surface area (Å²) in [6, 6.07) is 1.77. The fraction of sp³-hybridized carbons (Fsp3) is 0.250. The lowest BCUT2D eigenvalue weighted by Crippen LogP contribution is -2.05. The highest BCUT2D eigenvalue weighted by atomic mass is 16.7. The van der Waals surface area contributed by atoms with Gasteiger partial charge in [-0.25, -0.2) is 0 Å². The number of benzene rings is 1. The maximum absolute atomic E-state index is 10.6. The monoisotopic (exact) mass is 243 g/mol. The topological polar surface area (TPSA) is 131 Å². The zero-order valence-electron chi connectivity index (χ0n) is 8.78. The van der Waals surface area contributed by atoms with Crippen molar-refractivity contribution >= 4 is 17.1 Å². The van der Waals surface area contributed by atoms with Crippen molar-refractivity contribution in [2.45, 2.75) is 0 Å². The number of nitrogens with two attached hydrogens (primary N) is 1. The van der Waals surface area contributed by atoms with E-state index in [-0.39, 0.29) is 18.2 Å². The van der Waals surface area contributed by atoms with Crippen molar-refractivity contribution < 1.29 is 19.3 Å². The van der Waals surface area contributed by atoms with Gasteiger partial charge in [0.1, 0.15) is 0 Å². The third kappa shape index (κ3) is 2.78. The molecule has 0 bridgehead atoms. The maximum Gasteiger partial charge on any atom is 0.302 e. The van der Waals surface area contributed by atoms with E-state index in [0.717, 1.165) is 12.1 Å². The lowest BCUT2D eigenvalue weighted by Gasteiger charge is -2.07. The number of non-ortho nitro benzene ring substituents is 1. The van der Waals surface area contributed by atoms with Crippen molar-refractivity contribution in [3.05, 3.63) is 32.4 Å². The molecule has 0 atom stereocenters. The Kier molecular flexibility index (Phi) is 3.78. The number of methoxy groups -OCH3 is 1. The molecule has 92 valence electrons. The second kappa shape index (κ2) is 5.07. The number of nitrogen functional groups attached to an aromatic ring is 1. The summed E-state index contributed by atoms with van der Waals surface area (Å²) >= 11 is 0. The molecule has 2 N–H and O–H groups in total. The molecule has 0 radical (unpaired) electrons. The SMILES string of the molecule is COCOc1cc([N+](=O)[O-])cc([N+](=O)[O-])c1N. The van der Waals surface area contributed by atoms with Crippen molar-refractivity contribution in [1.29, 1.82) is 0 Å². The number of nitro groups is 2. The second-order valence-electron chi connectivity index (χ2n) is 2.94. The van der Waals surface area contributed by atoms with E-state index < -0.39 is 21.2 Å². The molecule has 0 aromatic heterocycles. The minimum atomic E-state index is -0.817. The van der Waals surface area contributed by atoms with Gasteiger partial charge in [0.2, 0.25) is 0 Å². The molecule has 0 aliphatic rings. The number of rotatable bonds is 5. The molecule has 0 aliphatic heterocycles. The van der Waals surface area contributed by atoms with Gasteiger partial charge >= 0.3 is 5.69 Å². The molecular formula is C8H9N3O6. The normalized spacial score (nSPS) is 9.94. The summed E-state index contributed by atoms with van der Waals surface area (Å²) in [6.45, 7) is -0.220. The van der Waals surface area contributed by atoms with Crippen LogP contribution in [0.3, 0.4) is 0 Å². The first-order valence-corrected chi connectivity index (χ1v) is 4.31. The van der Waals surface area contributed by atoms with E-state index in [1.807, 2.05) is 0 Å². The van der Waals surface area contributed by atoms with Crippen LogP contribution in [-0.2, 0) is 4.74 Å². The number of anilines is 1. The summed E-state index contributed by atoms with van der Waals surface area (Å²) in [7, 11) is 1.34. The Hall–Kier alpha value is -2.42. The van der Waals surface area contributed by atoms with E-state index >= 15 is 0 Å². The van der Waals surface area contributed by atoms with Crippen LogP contribution in [0.4, 0.5) is 17.1 Å². The van der Waals surface area contributed by atoms with Crippen LogP contribution in [0.5, 0.6) is 5.75 Å². The van der Waals surface area contributed by atoms with Gasteiger partial charge in [0.15, 0.2) is 18.2 Å².